The normalized spacial score (nSPS) is 55.0. The Kier molecular flexibility index (Phi) is 26.9. The average Bonchev–Trinajstić information content (AvgIpc) is 0.669. The number of fused-ring (bicyclic) bond motifs is 7. The summed E-state index contributed by atoms with van der Waals surface area (Å²) in [5.74, 6) is -4.28. The maximum absolute atomic E-state index is 16.0. The molecule has 0 aromatic heterocycles. The highest BCUT2D eigenvalue weighted by Gasteiger charge is 2.73. The summed E-state index contributed by atoms with van der Waals surface area (Å²) in [5.41, 5.74) is -5.19. The minimum Gasteiger partial charge on any atom is -0.479 e. The van der Waals surface area contributed by atoms with Crippen LogP contribution in [0.25, 0.3) is 0 Å². The molecule has 47 atom stereocenters. The molecule has 13 rings (SSSR count). The van der Waals surface area contributed by atoms with Crippen molar-refractivity contribution in [2.45, 2.75) is 353 Å². The molecule has 8 heterocycles. The predicted octanol–water partition coefficient (Wildman–Crippen LogP) is -8.52. The van der Waals surface area contributed by atoms with Crippen LogP contribution in [0.2, 0.25) is 0 Å². The van der Waals surface area contributed by atoms with E-state index in [1.54, 1.807) is 6.92 Å². The van der Waals surface area contributed by atoms with Crippen molar-refractivity contribution in [3.8, 4) is 0 Å². The molecule has 22 N–H and O–H groups in total. The Labute approximate surface area is 666 Å². The van der Waals surface area contributed by atoms with Gasteiger partial charge in [0.25, 0.3) is 0 Å². The third kappa shape index (κ3) is 15.7. The lowest BCUT2D eigenvalue weighted by Crippen LogP contribution is -2.69. The lowest BCUT2D eigenvalue weighted by molar-refractivity contribution is -0.397. The number of rotatable bonds is 20. The van der Waals surface area contributed by atoms with Crippen LogP contribution in [0.4, 0.5) is 0 Å². The van der Waals surface area contributed by atoms with Gasteiger partial charge in [0, 0.05) is 0 Å². The third-order valence-corrected chi connectivity index (χ3v) is 28.6. The van der Waals surface area contributed by atoms with E-state index in [4.69, 9.17) is 75.8 Å². The second kappa shape index (κ2) is 34.4. The lowest BCUT2D eigenvalue weighted by atomic mass is 9.33. The van der Waals surface area contributed by atoms with Crippen LogP contribution in [-0.2, 0) is 90.2 Å². The van der Waals surface area contributed by atoms with E-state index in [1.165, 1.54) is 13.8 Å². The molecule has 0 spiro atoms. The fraction of sp³-hybridized carbons (Fsp3) is 0.933. The summed E-state index contributed by atoms with van der Waals surface area (Å²) >= 11 is 0. The van der Waals surface area contributed by atoms with Gasteiger partial charge < -0.3 is 193 Å². The highest BCUT2D eigenvalue weighted by molar-refractivity contribution is 5.80. The number of esters is 1. The third-order valence-electron chi connectivity index (χ3n) is 28.6. The first kappa shape index (κ1) is 90.6. The topological polar surface area (TPSA) is 644 Å². The number of carbonyl (C=O) groups is 3. The number of aliphatic hydroxyl groups is 21. The summed E-state index contributed by atoms with van der Waals surface area (Å²) in [6.45, 7) is 11.2. The van der Waals surface area contributed by atoms with Gasteiger partial charge in [-0.2, -0.15) is 0 Å². The summed E-state index contributed by atoms with van der Waals surface area (Å²) in [5, 5.41) is 244. The molecule has 41 nitrogen and oxygen atoms in total. The van der Waals surface area contributed by atoms with Crippen LogP contribution in [0, 0.1) is 50.2 Å². The number of allylic oxidation sites excluding steroid dienone is 2. The van der Waals surface area contributed by atoms with Gasteiger partial charge >= 0.3 is 11.9 Å². The molecule has 0 unspecified atom stereocenters. The Morgan fingerprint density at radius 2 is 0.940 bits per heavy atom. The molecule has 5 aliphatic carbocycles. The van der Waals surface area contributed by atoms with Gasteiger partial charge in [-0.25, -0.2) is 4.79 Å². The van der Waals surface area contributed by atoms with Gasteiger partial charge in [-0.05, 0) is 111 Å². The Bertz CT molecular complexity index is 3420. The minimum absolute atomic E-state index is 0.0148. The van der Waals surface area contributed by atoms with E-state index in [0.717, 1.165) is 11.9 Å². The quantitative estimate of drug-likeness (QED) is 0.0233. The number of hydrogen-bond donors (Lipinski definition) is 22. The number of aldehydes is 1. The van der Waals surface area contributed by atoms with E-state index in [-0.39, 0.29) is 25.2 Å². The number of ether oxygens (including phenoxy) is 16. The van der Waals surface area contributed by atoms with Crippen LogP contribution in [0.15, 0.2) is 11.6 Å². The highest BCUT2D eigenvalue weighted by atomic mass is 16.8. The molecule has 116 heavy (non-hydrogen) atoms. The average molecular weight is 1680 g/mol. The van der Waals surface area contributed by atoms with E-state index in [2.05, 4.69) is 26.8 Å². The Balaban J connectivity index is 0.762. The Morgan fingerprint density at radius 3 is 1.51 bits per heavy atom. The standard InChI is InChI=1S/C75H118O41/c1-25-38(83)45(90)58(114-66-52(97)56(112-64-48(93)43(88)41(86)32(19-76)106-64)53(26(2)105-66)109-63-51(96)54(31(81)23-103-63)110-61-46(91)39(84)29(79)21-101-61)67(104-25)116-69(100)75-16-15-70(3,4)17-28(75)27-9-10-35-71(5)13-12-37(72(6,24-78)34(71)11-14-73(35,7)74(27,8)18-36(75)82)108-68-59(115-65-49(94)44(89)42(87)33(20-77)107-65)55(50(95)57(113-68)60(98)99)111-62-47(92)40(85)30(80)22-102-62/h9,24-26,28-59,61-68,76-77,79-97H,10-23H2,1-8H3,(H,98,99)/t25-,26+,28+,29-,30-,31-,32-,33-,34-,35-,36-,37+,38-,39+,40+,41-,42+,43+,44+,45+,46-,47-,48-,49-,50+,51-,52-,53+,54+,55+,56+,57+,58-,59-,61+,62+,63+,64+,65+,66+,67+,68-,71+,72+,73-,74-,75-/m1/s1. The van der Waals surface area contributed by atoms with Crippen LogP contribution in [-0.4, -0.2) is 403 Å². The van der Waals surface area contributed by atoms with E-state index in [9.17, 15) is 122 Å². The first-order chi connectivity index (χ1) is 54.5. The number of carboxylic acids is 1. The maximum atomic E-state index is 16.0. The molecule has 8 saturated heterocycles. The second-order valence-corrected chi connectivity index (χ2v) is 35.9. The fourth-order valence-corrected chi connectivity index (χ4v) is 21.4. The van der Waals surface area contributed by atoms with E-state index in [1.807, 2.05) is 13.8 Å². The van der Waals surface area contributed by atoms with Crippen LogP contribution < -0.4 is 0 Å². The first-order valence-electron chi connectivity index (χ1n) is 39.9. The van der Waals surface area contributed by atoms with Crippen LogP contribution in [0.5, 0.6) is 0 Å². The molecule has 12 fully saturated rings. The molecule has 41 heteroatoms. The Morgan fingerprint density at radius 1 is 0.448 bits per heavy atom. The fourth-order valence-electron chi connectivity index (χ4n) is 21.4. The molecule has 664 valence electrons. The van der Waals surface area contributed by atoms with Crippen molar-refractivity contribution < 1.29 is 203 Å². The molecule has 4 saturated carbocycles. The molecule has 0 amide bonds. The number of carbonyl (C=O) groups excluding carboxylic acids is 2. The zero-order valence-electron chi connectivity index (χ0n) is 65.4. The smallest absolute Gasteiger partial charge is 0.335 e. The zero-order chi connectivity index (χ0) is 84.6. The molecule has 0 bridgehead atoms. The largest absolute Gasteiger partial charge is 0.479 e. The first-order valence-corrected chi connectivity index (χ1v) is 39.9. The Hall–Kier alpha value is -3.09. The maximum Gasteiger partial charge on any atom is 0.335 e. The van der Waals surface area contributed by atoms with Gasteiger partial charge in [-0.3, -0.25) is 4.79 Å². The van der Waals surface area contributed by atoms with Crippen molar-refractivity contribution in [2.75, 3.05) is 33.0 Å². The summed E-state index contributed by atoms with van der Waals surface area (Å²) in [6, 6.07) is 0. The molecular weight excluding hydrogens is 1560 g/mol. The van der Waals surface area contributed by atoms with Crippen molar-refractivity contribution in [3.05, 3.63) is 11.6 Å². The van der Waals surface area contributed by atoms with Crippen molar-refractivity contribution in [3.63, 3.8) is 0 Å². The van der Waals surface area contributed by atoms with Crippen molar-refractivity contribution in [1.82, 2.24) is 0 Å². The zero-order valence-corrected chi connectivity index (χ0v) is 65.4. The second-order valence-electron chi connectivity index (χ2n) is 35.9. The van der Waals surface area contributed by atoms with Crippen molar-refractivity contribution in [2.24, 2.45) is 50.2 Å². The van der Waals surface area contributed by atoms with Gasteiger partial charge in [0.15, 0.2) is 56.2 Å². The highest BCUT2D eigenvalue weighted by Crippen LogP contribution is 2.76. The van der Waals surface area contributed by atoms with E-state index in [0.29, 0.717) is 38.5 Å². The monoisotopic (exact) mass is 1670 g/mol. The molecule has 0 radical (unpaired) electrons. The molecule has 0 aromatic carbocycles. The lowest BCUT2D eigenvalue weighted by Gasteiger charge is -2.71. The predicted molar refractivity (Wildman–Crippen MR) is 375 cm³/mol. The molecular formula is C75H118O41. The van der Waals surface area contributed by atoms with Gasteiger partial charge in [0.2, 0.25) is 6.29 Å². The molecule has 0 aromatic rings. The van der Waals surface area contributed by atoms with Crippen molar-refractivity contribution in [1.29, 1.82) is 0 Å². The summed E-state index contributed by atoms with van der Waals surface area (Å²) in [4.78, 5) is 43.4. The van der Waals surface area contributed by atoms with Crippen LogP contribution in [0.1, 0.15) is 113 Å². The number of hydrogen-bond acceptors (Lipinski definition) is 40. The van der Waals surface area contributed by atoms with E-state index >= 15 is 4.79 Å². The van der Waals surface area contributed by atoms with Crippen molar-refractivity contribution >= 4 is 18.2 Å². The molecule has 13 aliphatic rings. The molecule has 8 aliphatic heterocycles. The van der Waals surface area contributed by atoms with E-state index < -0.39 is 329 Å². The number of carboxylic acid groups (broad SMARTS) is 1. The van der Waals surface area contributed by atoms with Crippen LogP contribution >= 0.6 is 0 Å². The van der Waals surface area contributed by atoms with Gasteiger partial charge in [-0.15, -0.1) is 0 Å². The summed E-state index contributed by atoms with van der Waals surface area (Å²) < 4.78 is 96.5. The van der Waals surface area contributed by atoms with Gasteiger partial charge in [0.05, 0.1) is 62.9 Å². The minimum atomic E-state index is -2.24. The number of aliphatic carboxylic acids is 1. The summed E-state index contributed by atoms with van der Waals surface area (Å²) in [7, 11) is 0. The van der Waals surface area contributed by atoms with Gasteiger partial charge in [0.1, 0.15) is 164 Å². The van der Waals surface area contributed by atoms with Gasteiger partial charge in [-0.1, -0.05) is 53.2 Å². The van der Waals surface area contributed by atoms with Crippen LogP contribution in [0.3, 0.4) is 0 Å². The summed E-state index contributed by atoms with van der Waals surface area (Å²) in [6.07, 6.45) is -66.9. The SMILES string of the molecule is C[C@@H]1O[C@@H](O[C@H]2[C@H](OC(=O)[C@]34CCC(C)(C)C[C@H]3C3=CC[C@@H]5[C@@]6(C)CC[C@H](O[C@@H]7O[C@H](C(=O)O)[C@@H](O)[C@H](O[C@@H]8OC[C@@H](O)[C@H](O)[C@H]8O)[C@H]7O[C@@H]7O[C@H](CO)[C@H](O)[C@H](O)[C@H]7O)[C@@](C)(C=O)[C@@H]6CC[C@@]5(C)[C@]3(C)C[C@H]4O)O[C@H](C)[C@@H](O)[C@@H]2O)[C@H](O)[C@H](O[C@@H]2O[C@H](CO)[C@@H](O)[C@H](O)[C@H]2O)[C@H]1O[C@@H]1OC[C@@H](O)[C@H](O[C@@H]2OC[C@@H](O)[C@H](O)[C@H]2O)[C@H]1O. The number of aliphatic hydroxyl groups excluding tert-OH is 21.